The standard InChI is InChI=1S/C15H24ClN3/c1-12-5-4-8-15(9-12,19(2)3)11-18-14-7-6-13(16)10-17-14/h6-7,10,12H,4-5,8-9,11H2,1-3H3,(H,17,18). The normalized spacial score (nSPS) is 27.5. The zero-order chi connectivity index (χ0) is 13.9. The minimum absolute atomic E-state index is 0.249. The Morgan fingerprint density at radius 1 is 1.47 bits per heavy atom. The first-order valence-corrected chi connectivity index (χ1v) is 7.42. The molecule has 0 aliphatic heterocycles. The van der Waals surface area contributed by atoms with Gasteiger partial charge in [0.25, 0.3) is 0 Å². The van der Waals surface area contributed by atoms with Crippen LogP contribution in [0.15, 0.2) is 18.3 Å². The fourth-order valence-electron chi connectivity index (χ4n) is 3.09. The van der Waals surface area contributed by atoms with Gasteiger partial charge in [0.15, 0.2) is 0 Å². The van der Waals surface area contributed by atoms with Crippen molar-refractivity contribution in [2.24, 2.45) is 5.92 Å². The average molecular weight is 282 g/mol. The Morgan fingerprint density at radius 2 is 2.26 bits per heavy atom. The lowest BCUT2D eigenvalue weighted by Crippen LogP contribution is -2.52. The second-order valence-corrected chi connectivity index (χ2v) is 6.47. The molecular weight excluding hydrogens is 258 g/mol. The van der Waals surface area contributed by atoms with Crippen LogP contribution in [0.4, 0.5) is 5.82 Å². The number of nitrogens with zero attached hydrogens (tertiary/aromatic N) is 2. The lowest BCUT2D eigenvalue weighted by Gasteiger charge is -2.45. The molecule has 0 spiro atoms. The molecule has 1 aromatic heterocycles. The zero-order valence-electron chi connectivity index (χ0n) is 12.1. The maximum absolute atomic E-state index is 5.86. The molecule has 2 atom stereocenters. The predicted molar refractivity (Wildman–Crippen MR) is 81.8 cm³/mol. The Morgan fingerprint density at radius 3 is 2.84 bits per heavy atom. The molecule has 2 unspecified atom stereocenters. The molecule has 3 nitrogen and oxygen atoms in total. The molecule has 19 heavy (non-hydrogen) atoms. The van der Waals surface area contributed by atoms with Crippen LogP contribution in [0.5, 0.6) is 0 Å². The summed E-state index contributed by atoms with van der Waals surface area (Å²) < 4.78 is 0. The van der Waals surface area contributed by atoms with Gasteiger partial charge in [-0.15, -0.1) is 0 Å². The Labute approximate surface area is 121 Å². The molecule has 4 heteroatoms. The highest BCUT2D eigenvalue weighted by Crippen LogP contribution is 2.35. The second-order valence-electron chi connectivity index (χ2n) is 6.04. The van der Waals surface area contributed by atoms with E-state index in [1.165, 1.54) is 25.7 Å². The molecule has 0 radical (unpaired) electrons. The number of anilines is 1. The van der Waals surface area contributed by atoms with Crippen molar-refractivity contribution in [1.82, 2.24) is 9.88 Å². The highest BCUT2D eigenvalue weighted by molar-refractivity contribution is 6.30. The second kappa shape index (κ2) is 6.10. The van der Waals surface area contributed by atoms with Crippen molar-refractivity contribution in [1.29, 1.82) is 0 Å². The van der Waals surface area contributed by atoms with Gasteiger partial charge in [-0.2, -0.15) is 0 Å². The third-order valence-corrected chi connectivity index (χ3v) is 4.57. The van der Waals surface area contributed by atoms with Crippen LogP contribution in [-0.2, 0) is 0 Å². The van der Waals surface area contributed by atoms with Crippen LogP contribution in [0.3, 0.4) is 0 Å². The van der Waals surface area contributed by atoms with E-state index in [0.29, 0.717) is 5.02 Å². The fraction of sp³-hybridized carbons (Fsp3) is 0.667. The molecule has 1 aliphatic carbocycles. The Balaban J connectivity index is 2.03. The lowest BCUT2D eigenvalue weighted by atomic mass is 9.75. The molecule has 1 fully saturated rings. The number of hydrogen-bond acceptors (Lipinski definition) is 3. The first kappa shape index (κ1) is 14.6. The molecule has 1 heterocycles. The number of nitrogens with one attached hydrogen (secondary N) is 1. The summed E-state index contributed by atoms with van der Waals surface area (Å²) >= 11 is 5.86. The van der Waals surface area contributed by atoms with E-state index in [9.17, 15) is 0 Å². The molecular formula is C15H24ClN3. The monoisotopic (exact) mass is 281 g/mol. The third kappa shape index (κ3) is 3.61. The van der Waals surface area contributed by atoms with Crippen molar-refractivity contribution < 1.29 is 0 Å². The molecule has 1 saturated carbocycles. The van der Waals surface area contributed by atoms with Gasteiger partial charge in [-0.3, -0.25) is 0 Å². The lowest BCUT2D eigenvalue weighted by molar-refractivity contribution is 0.0881. The largest absolute Gasteiger partial charge is 0.368 e. The number of hydrogen-bond donors (Lipinski definition) is 1. The molecule has 1 N–H and O–H groups in total. The number of likely N-dealkylation sites (N-methyl/N-ethyl adjacent to an activating group) is 1. The highest BCUT2D eigenvalue weighted by atomic mass is 35.5. The van der Waals surface area contributed by atoms with Gasteiger partial charge in [-0.05, 0) is 45.0 Å². The molecule has 2 rings (SSSR count). The van der Waals surface area contributed by atoms with Crippen LogP contribution in [0, 0.1) is 5.92 Å². The van der Waals surface area contributed by atoms with Crippen LogP contribution in [0.1, 0.15) is 32.6 Å². The summed E-state index contributed by atoms with van der Waals surface area (Å²) in [6.45, 7) is 3.30. The topological polar surface area (TPSA) is 28.2 Å². The summed E-state index contributed by atoms with van der Waals surface area (Å²) in [7, 11) is 4.38. The minimum atomic E-state index is 0.249. The van der Waals surface area contributed by atoms with Gasteiger partial charge in [-0.25, -0.2) is 4.98 Å². The summed E-state index contributed by atoms with van der Waals surface area (Å²) in [5, 5.41) is 4.15. The van der Waals surface area contributed by atoms with E-state index < -0.39 is 0 Å². The summed E-state index contributed by atoms with van der Waals surface area (Å²) in [5.41, 5.74) is 0.249. The number of rotatable bonds is 4. The number of halogens is 1. The SMILES string of the molecule is CC1CCCC(CNc2ccc(Cl)cn2)(N(C)C)C1. The van der Waals surface area contributed by atoms with Gasteiger partial charge in [0, 0.05) is 18.3 Å². The quantitative estimate of drug-likeness (QED) is 0.913. The summed E-state index contributed by atoms with van der Waals surface area (Å²) in [6, 6.07) is 3.82. The fourth-order valence-corrected chi connectivity index (χ4v) is 3.20. The van der Waals surface area contributed by atoms with Crippen molar-refractivity contribution in [2.45, 2.75) is 38.1 Å². The average Bonchev–Trinajstić information content (AvgIpc) is 2.38. The van der Waals surface area contributed by atoms with Gasteiger partial charge in [0.2, 0.25) is 0 Å². The molecule has 106 valence electrons. The molecule has 0 bridgehead atoms. The van der Waals surface area contributed by atoms with E-state index in [1.807, 2.05) is 12.1 Å². The Kier molecular flexibility index (Phi) is 4.69. The summed E-state index contributed by atoms with van der Waals surface area (Å²) in [5.74, 6) is 1.71. The van der Waals surface area contributed by atoms with E-state index in [1.54, 1.807) is 6.20 Å². The van der Waals surface area contributed by atoms with Crippen LogP contribution in [0.2, 0.25) is 5.02 Å². The van der Waals surface area contributed by atoms with E-state index in [-0.39, 0.29) is 5.54 Å². The van der Waals surface area contributed by atoms with E-state index in [4.69, 9.17) is 11.6 Å². The molecule has 1 aliphatic rings. The zero-order valence-corrected chi connectivity index (χ0v) is 12.9. The van der Waals surface area contributed by atoms with E-state index >= 15 is 0 Å². The van der Waals surface area contributed by atoms with Crippen molar-refractivity contribution in [2.75, 3.05) is 26.0 Å². The van der Waals surface area contributed by atoms with Crippen molar-refractivity contribution in [3.8, 4) is 0 Å². The van der Waals surface area contributed by atoms with Crippen LogP contribution in [0.25, 0.3) is 0 Å². The Hall–Kier alpha value is -0.800. The van der Waals surface area contributed by atoms with Gasteiger partial charge in [0.1, 0.15) is 5.82 Å². The summed E-state index contributed by atoms with van der Waals surface area (Å²) in [6.07, 6.45) is 6.87. The first-order chi connectivity index (χ1) is 9.02. The Bertz CT molecular complexity index is 404. The van der Waals surface area contributed by atoms with Crippen LogP contribution >= 0.6 is 11.6 Å². The molecule has 0 saturated heterocycles. The minimum Gasteiger partial charge on any atom is -0.368 e. The predicted octanol–water partition coefficient (Wildman–Crippen LogP) is 3.66. The third-order valence-electron chi connectivity index (χ3n) is 4.34. The van der Waals surface area contributed by atoms with Crippen LogP contribution in [-0.4, -0.2) is 36.1 Å². The van der Waals surface area contributed by atoms with E-state index in [2.05, 4.69) is 36.2 Å². The molecule has 0 aromatic carbocycles. The van der Waals surface area contributed by atoms with Crippen molar-refractivity contribution >= 4 is 17.4 Å². The number of pyridine rings is 1. The van der Waals surface area contributed by atoms with Gasteiger partial charge < -0.3 is 10.2 Å². The van der Waals surface area contributed by atoms with Gasteiger partial charge >= 0.3 is 0 Å². The smallest absolute Gasteiger partial charge is 0.126 e. The van der Waals surface area contributed by atoms with E-state index in [0.717, 1.165) is 18.3 Å². The summed E-state index contributed by atoms with van der Waals surface area (Å²) in [4.78, 5) is 6.69. The number of aromatic nitrogens is 1. The van der Waals surface area contributed by atoms with Gasteiger partial charge in [0.05, 0.1) is 5.02 Å². The molecule has 1 aromatic rings. The van der Waals surface area contributed by atoms with Crippen LogP contribution < -0.4 is 5.32 Å². The van der Waals surface area contributed by atoms with Gasteiger partial charge in [-0.1, -0.05) is 31.4 Å². The maximum Gasteiger partial charge on any atom is 0.126 e. The van der Waals surface area contributed by atoms with Crippen molar-refractivity contribution in [3.63, 3.8) is 0 Å². The maximum atomic E-state index is 5.86. The highest BCUT2D eigenvalue weighted by Gasteiger charge is 2.36. The molecule has 0 amide bonds. The first-order valence-electron chi connectivity index (χ1n) is 7.05. The van der Waals surface area contributed by atoms with Crippen molar-refractivity contribution in [3.05, 3.63) is 23.4 Å².